The lowest BCUT2D eigenvalue weighted by atomic mass is 10.8. The van der Waals surface area contributed by atoms with E-state index >= 15 is 0 Å². The summed E-state index contributed by atoms with van der Waals surface area (Å²) in [6.07, 6.45) is 0. The number of carbonyl (C=O) groups is 1. The molecule has 0 aliphatic heterocycles. The molecular weight excluding hydrogens is 211 g/mol. The van der Waals surface area contributed by atoms with Gasteiger partial charge in [0.1, 0.15) is 0 Å². The van der Waals surface area contributed by atoms with Gasteiger partial charge < -0.3 is 10.6 Å². The molecular formula is C2HIN2O2. The van der Waals surface area contributed by atoms with Gasteiger partial charge in [-0.15, -0.1) is 0 Å². The molecule has 0 amide bonds. The summed E-state index contributed by atoms with van der Waals surface area (Å²) >= 11 is 1.40. The molecule has 0 aromatic heterocycles. The fraction of sp³-hybridized carbons (Fsp3) is 0. The van der Waals surface area contributed by atoms with Gasteiger partial charge in [0, 0.05) is 0 Å². The van der Waals surface area contributed by atoms with Crippen LogP contribution in [-0.4, -0.2) is 19.6 Å². The summed E-state index contributed by atoms with van der Waals surface area (Å²) in [6.45, 7) is 0. The Morgan fingerprint density at radius 2 is 2.29 bits per heavy atom. The SMILES string of the molecule is [N-]=[N+]=C(I)C(=O)O. The van der Waals surface area contributed by atoms with Crippen molar-refractivity contribution in [1.82, 2.24) is 0 Å². The molecule has 0 spiro atoms. The van der Waals surface area contributed by atoms with Crippen molar-refractivity contribution in [3.63, 3.8) is 0 Å². The minimum absolute atomic E-state index is 0.336. The molecule has 7 heavy (non-hydrogen) atoms. The second-order valence-electron chi connectivity index (χ2n) is 0.696. The largest absolute Gasteiger partial charge is 0.472 e. The van der Waals surface area contributed by atoms with Crippen molar-refractivity contribution in [3.05, 3.63) is 5.53 Å². The molecule has 0 bridgehead atoms. The Bertz CT molecular complexity index is 137. The van der Waals surface area contributed by atoms with Gasteiger partial charge in [-0.2, -0.15) is 4.79 Å². The average molecular weight is 212 g/mol. The van der Waals surface area contributed by atoms with Crippen LogP contribution in [0.15, 0.2) is 0 Å². The van der Waals surface area contributed by atoms with Gasteiger partial charge in [-0.3, -0.25) is 0 Å². The Labute approximate surface area is 52.9 Å². The van der Waals surface area contributed by atoms with Crippen molar-refractivity contribution in [3.8, 4) is 0 Å². The topological polar surface area (TPSA) is 73.7 Å². The molecule has 0 fully saturated rings. The second-order valence-corrected chi connectivity index (χ2v) is 1.72. The Hall–Kier alpha value is -0.420. The number of nitrogens with zero attached hydrogens (tertiary/aromatic N) is 2. The van der Waals surface area contributed by atoms with Crippen LogP contribution in [0.3, 0.4) is 0 Å². The van der Waals surface area contributed by atoms with Gasteiger partial charge in [0.25, 0.3) is 0 Å². The molecule has 0 aromatic rings. The number of aliphatic carboxylic acids is 1. The van der Waals surface area contributed by atoms with Crippen molar-refractivity contribution in [1.29, 1.82) is 0 Å². The Morgan fingerprint density at radius 1 is 1.86 bits per heavy atom. The van der Waals surface area contributed by atoms with Crippen molar-refractivity contribution >= 4 is 32.3 Å². The normalized spacial score (nSPS) is 7.00. The first-order chi connectivity index (χ1) is 3.18. The standard InChI is InChI=1S/C2HIN2O2/c3-1(5-4)2(6)7/h(H,6,7). The second kappa shape index (κ2) is 2.70. The van der Waals surface area contributed by atoms with E-state index in [0.29, 0.717) is 0 Å². The summed E-state index contributed by atoms with van der Waals surface area (Å²) in [5.41, 5.74) is 7.70. The van der Waals surface area contributed by atoms with Crippen molar-refractivity contribution < 1.29 is 14.7 Å². The maximum atomic E-state index is 9.63. The molecule has 0 saturated carbocycles. The zero-order chi connectivity index (χ0) is 5.86. The molecule has 0 heterocycles. The molecule has 0 aliphatic carbocycles. The lowest BCUT2D eigenvalue weighted by molar-refractivity contribution is -0.132. The number of carboxylic acids is 1. The Kier molecular flexibility index (Phi) is 2.54. The number of hydrogen-bond donors (Lipinski definition) is 1. The minimum atomic E-state index is -1.22. The first-order valence-electron chi connectivity index (χ1n) is 1.29. The summed E-state index contributed by atoms with van der Waals surface area (Å²) in [5.74, 6) is -1.22. The number of rotatable bonds is 1. The molecule has 0 rings (SSSR count). The van der Waals surface area contributed by atoms with Crippen molar-refractivity contribution in [2.24, 2.45) is 0 Å². The molecule has 0 unspecified atom stereocenters. The quantitative estimate of drug-likeness (QED) is 0.290. The third kappa shape index (κ3) is 2.30. The fourth-order valence-electron chi connectivity index (χ4n) is 0.0428. The van der Waals surface area contributed by atoms with E-state index in [1.165, 1.54) is 22.6 Å². The fourth-order valence-corrected chi connectivity index (χ4v) is 0.0428. The van der Waals surface area contributed by atoms with Gasteiger partial charge in [-0.25, -0.2) is 4.79 Å². The summed E-state index contributed by atoms with van der Waals surface area (Å²) in [6, 6.07) is 0. The average Bonchev–Trinajstić information content (AvgIpc) is 1.65. The van der Waals surface area contributed by atoms with Gasteiger partial charge in [-0.05, 0) is 0 Å². The highest BCUT2D eigenvalue weighted by atomic mass is 127. The number of halogens is 1. The van der Waals surface area contributed by atoms with Crippen molar-refractivity contribution in [2.75, 3.05) is 0 Å². The molecule has 0 aliphatic rings. The summed E-state index contributed by atoms with van der Waals surface area (Å²) in [4.78, 5) is 12.0. The van der Waals surface area contributed by atoms with E-state index < -0.39 is 5.97 Å². The van der Waals surface area contributed by atoms with Crippen LogP contribution >= 0.6 is 22.6 Å². The highest BCUT2D eigenvalue weighted by molar-refractivity contribution is 14.1. The lowest BCUT2D eigenvalue weighted by Crippen LogP contribution is -2.04. The monoisotopic (exact) mass is 212 g/mol. The van der Waals surface area contributed by atoms with Gasteiger partial charge in [-0.1, -0.05) is 0 Å². The maximum Gasteiger partial charge on any atom is 0.432 e. The summed E-state index contributed by atoms with van der Waals surface area (Å²) < 4.78 is -0.336. The predicted molar refractivity (Wildman–Crippen MR) is 30.3 cm³/mol. The van der Waals surface area contributed by atoms with Crippen LogP contribution in [0.2, 0.25) is 0 Å². The van der Waals surface area contributed by atoms with E-state index in [9.17, 15) is 4.79 Å². The predicted octanol–water partition coefficient (Wildman–Crippen LogP) is 0.134. The Morgan fingerprint density at radius 3 is 2.29 bits per heavy atom. The van der Waals surface area contributed by atoms with Crippen LogP contribution in [0.5, 0.6) is 0 Å². The summed E-state index contributed by atoms with van der Waals surface area (Å²) in [7, 11) is 0. The first kappa shape index (κ1) is 6.58. The zero-order valence-electron chi connectivity index (χ0n) is 3.13. The van der Waals surface area contributed by atoms with Gasteiger partial charge in [0.2, 0.25) is 0 Å². The molecule has 5 heteroatoms. The van der Waals surface area contributed by atoms with Crippen LogP contribution < -0.4 is 0 Å². The van der Waals surface area contributed by atoms with E-state index in [-0.39, 0.29) is 3.72 Å². The smallest absolute Gasteiger partial charge is 0.432 e. The highest BCUT2D eigenvalue weighted by Crippen LogP contribution is 1.81. The van der Waals surface area contributed by atoms with E-state index in [0.717, 1.165) is 0 Å². The van der Waals surface area contributed by atoms with Crippen molar-refractivity contribution in [2.45, 2.75) is 0 Å². The van der Waals surface area contributed by atoms with E-state index in [1.807, 2.05) is 0 Å². The van der Waals surface area contributed by atoms with Crippen LogP contribution in [0, 0.1) is 0 Å². The van der Waals surface area contributed by atoms with Gasteiger partial charge in [0.05, 0.1) is 22.6 Å². The third-order valence-electron chi connectivity index (χ3n) is 0.264. The number of carboxylic acid groups (broad SMARTS) is 1. The molecule has 0 radical (unpaired) electrons. The van der Waals surface area contributed by atoms with Crippen LogP contribution in [-0.2, 0) is 4.79 Å². The van der Waals surface area contributed by atoms with E-state index in [2.05, 4.69) is 4.79 Å². The highest BCUT2D eigenvalue weighted by Gasteiger charge is 2.10. The van der Waals surface area contributed by atoms with Crippen LogP contribution in [0.4, 0.5) is 0 Å². The third-order valence-corrected chi connectivity index (χ3v) is 0.941. The first-order valence-corrected chi connectivity index (χ1v) is 2.37. The zero-order valence-corrected chi connectivity index (χ0v) is 5.29. The molecule has 38 valence electrons. The molecule has 4 nitrogen and oxygen atoms in total. The molecule has 0 saturated heterocycles. The summed E-state index contributed by atoms with van der Waals surface area (Å²) in [5, 5.41) is 7.88. The molecule has 1 N–H and O–H groups in total. The van der Waals surface area contributed by atoms with E-state index in [1.54, 1.807) is 0 Å². The van der Waals surface area contributed by atoms with Crippen LogP contribution in [0.25, 0.3) is 5.53 Å². The van der Waals surface area contributed by atoms with Gasteiger partial charge >= 0.3 is 9.69 Å². The maximum absolute atomic E-state index is 9.63. The number of hydrogen-bond acceptors (Lipinski definition) is 1. The van der Waals surface area contributed by atoms with Crippen LogP contribution in [0.1, 0.15) is 0 Å². The van der Waals surface area contributed by atoms with Gasteiger partial charge in [0.15, 0.2) is 0 Å². The lowest BCUT2D eigenvalue weighted by Gasteiger charge is -1.67. The minimum Gasteiger partial charge on any atom is -0.472 e. The van der Waals surface area contributed by atoms with E-state index in [4.69, 9.17) is 10.6 Å². The molecule has 0 atom stereocenters. The Balaban J connectivity index is 4.10. The molecule has 0 aromatic carbocycles.